The summed E-state index contributed by atoms with van der Waals surface area (Å²) in [6.07, 6.45) is 1.64. The maximum absolute atomic E-state index is 12.2. The molecular weight excluding hydrogens is 230 g/mol. The number of hydrogen-bond donors (Lipinski definition) is 0. The highest BCUT2D eigenvalue weighted by Gasteiger charge is 2.13. The molecule has 0 saturated carbocycles. The van der Waals surface area contributed by atoms with Gasteiger partial charge >= 0.3 is 5.97 Å². The van der Waals surface area contributed by atoms with E-state index in [2.05, 4.69) is 4.74 Å². The fourth-order valence-electron chi connectivity index (χ4n) is 1.78. The van der Waals surface area contributed by atoms with Gasteiger partial charge in [0.15, 0.2) is 0 Å². The van der Waals surface area contributed by atoms with Crippen molar-refractivity contribution in [1.29, 1.82) is 0 Å². The number of methoxy groups -OCH3 is 1. The van der Waals surface area contributed by atoms with E-state index in [9.17, 15) is 9.59 Å². The van der Waals surface area contributed by atoms with E-state index in [0.29, 0.717) is 0 Å². The summed E-state index contributed by atoms with van der Waals surface area (Å²) in [5.74, 6) is -0.622. The molecule has 0 saturated heterocycles. The molecule has 2 rings (SSSR count). The van der Waals surface area contributed by atoms with E-state index in [1.54, 1.807) is 12.3 Å². The lowest BCUT2D eigenvalue weighted by atomic mass is 10.2. The molecule has 0 aliphatic heterocycles. The fourth-order valence-corrected chi connectivity index (χ4v) is 1.78. The molecule has 0 unspecified atom stereocenters. The lowest BCUT2D eigenvalue weighted by Gasteiger charge is -2.09. The van der Waals surface area contributed by atoms with Crippen molar-refractivity contribution in [3.8, 4) is 5.69 Å². The molecule has 1 heterocycles. The van der Waals surface area contributed by atoms with Crippen LogP contribution in [0.3, 0.4) is 0 Å². The molecule has 4 nitrogen and oxygen atoms in total. The van der Waals surface area contributed by atoms with Crippen molar-refractivity contribution >= 4 is 5.97 Å². The van der Waals surface area contributed by atoms with E-state index in [4.69, 9.17) is 0 Å². The summed E-state index contributed by atoms with van der Waals surface area (Å²) in [4.78, 5) is 23.7. The van der Waals surface area contributed by atoms with Crippen LogP contribution in [0, 0.1) is 6.92 Å². The van der Waals surface area contributed by atoms with Crippen molar-refractivity contribution in [3.05, 3.63) is 64.1 Å². The minimum absolute atomic E-state index is 0.0308. The van der Waals surface area contributed by atoms with Gasteiger partial charge in [-0.1, -0.05) is 18.2 Å². The van der Waals surface area contributed by atoms with E-state index in [-0.39, 0.29) is 11.1 Å². The Morgan fingerprint density at radius 2 is 1.89 bits per heavy atom. The third-order valence-corrected chi connectivity index (χ3v) is 2.73. The average Bonchev–Trinajstić information content (AvgIpc) is 2.39. The van der Waals surface area contributed by atoms with Crippen molar-refractivity contribution in [1.82, 2.24) is 4.57 Å². The van der Waals surface area contributed by atoms with Crippen LogP contribution in [-0.2, 0) is 4.74 Å². The van der Waals surface area contributed by atoms with Gasteiger partial charge in [-0.15, -0.1) is 0 Å². The van der Waals surface area contributed by atoms with Crippen LogP contribution in [0.5, 0.6) is 0 Å². The molecule has 0 amide bonds. The van der Waals surface area contributed by atoms with Crippen LogP contribution in [0.4, 0.5) is 0 Å². The van der Waals surface area contributed by atoms with Gasteiger partial charge in [0, 0.05) is 6.20 Å². The third-order valence-electron chi connectivity index (χ3n) is 2.73. The molecule has 0 radical (unpaired) electrons. The van der Waals surface area contributed by atoms with Gasteiger partial charge in [-0.25, -0.2) is 4.79 Å². The number of hydrogen-bond acceptors (Lipinski definition) is 3. The van der Waals surface area contributed by atoms with Crippen molar-refractivity contribution < 1.29 is 9.53 Å². The summed E-state index contributed by atoms with van der Waals surface area (Å²) in [6.45, 7) is 1.91. The minimum atomic E-state index is -0.622. The molecule has 1 aromatic heterocycles. The van der Waals surface area contributed by atoms with E-state index in [0.717, 1.165) is 11.3 Å². The highest BCUT2D eigenvalue weighted by atomic mass is 16.5. The van der Waals surface area contributed by atoms with Crippen molar-refractivity contribution in [2.75, 3.05) is 7.11 Å². The summed E-state index contributed by atoms with van der Waals surface area (Å²) in [5, 5.41) is 0. The molecular formula is C14H13NO3. The average molecular weight is 243 g/mol. The predicted molar refractivity (Wildman–Crippen MR) is 68.1 cm³/mol. The Hall–Kier alpha value is -2.36. The number of nitrogens with zero attached hydrogens (tertiary/aromatic N) is 1. The van der Waals surface area contributed by atoms with Gasteiger partial charge in [-0.05, 0) is 30.7 Å². The van der Waals surface area contributed by atoms with E-state index < -0.39 is 5.97 Å². The number of rotatable bonds is 2. The maximum atomic E-state index is 12.2. The Kier molecular flexibility index (Phi) is 3.28. The van der Waals surface area contributed by atoms with E-state index >= 15 is 0 Å². The SMILES string of the molecule is COC(=O)c1cccn(-c2ccccc2C)c1=O. The lowest BCUT2D eigenvalue weighted by molar-refractivity contribution is 0.0598. The summed E-state index contributed by atoms with van der Waals surface area (Å²) in [7, 11) is 1.26. The van der Waals surface area contributed by atoms with Crippen molar-refractivity contribution in [2.24, 2.45) is 0 Å². The number of aryl methyl sites for hydroxylation is 1. The predicted octanol–water partition coefficient (Wildman–Crippen LogP) is 1.93. The number of pyridine rings is 1. The first kappa shape index (κ1) is 12.1. The zero-order chi connectivity index (χ0) is 13.1. The van der Waals surface area contributed by atoms with Crippen LogP contribution in [0.1, 0.15) is 15.9 Å². The first-order valence-corrected chi connectivity index (χ1v) is 5.51. The topological polar surface area (TPSA) is 48.3 Å². The van der Waals surface area contributed by atoms with Crippen LogP contribution in [0.15, 0.2) is 47.4 Å². The van der Waals surface area contributed by atoms with Crippen molar-refractivity contribution in [3.63, 3.8) is 0 Å². The van der Waals surface area contributed by atoms with E-state index in [1.807, 2.05) is 31.2 Å². The second kappa shape index (κ2) is 4.87. The zero-order valence-electron chi connectivity index (χ0n) is 10.2. The number of carbonyl (C=O) groups excluding carboxylic acids is 1. The molecule has 0 spiro atoms. The highest BCUT2D eigenvalue weighted by molar-refractivity contribution is 5.88. The first-order chi connectivity index (χ1) is 8.65. The smallest absolute Gasteiger partial charge is 0.343 e. The Morgan fingerprint density at radius 1 is 1.17 bits per heavy atom. The number of benzene rings is 1. The summed E-state index contributed by atoms with van der Waals surface area (Å²) >= 11 is 0. The van der Waals surface area contributed by atoms with Gasteiger partial charge in [-0.3, -0.25) is 9.36 Å². The number of para-hydroxylation sites is 1. The maximum Gasteiger partial charge on any atom is 0.343 e. The Balaban J connectivity index is 2.64. The van der Waals surface area contributed by atoms with E-state index in [1.165, 1.54) is 17.7 Å². The second-order valence-corrected chi connectivity index (χ2v) is 3.88. The monoisotopic (exact) mass is 243 g/mol. The van der Waals surface area contributed by atoms with Gasteiger partial charge in [0.1, 0.15) is 5.56 Å². The van der Waals surface area contributed by atoms with Crippen LogP contribution in [-0.4, -0.2) is 17.6 Å². The van der Waals surface area contributed by atoms with Crippen molar-refractivity contribution in [2.45, 2.75) is 6.92 Å². The van der Waals surface area contributed by atoms with Gasteiger partial charge in [-0.2, -0.15) is 0 Å². The minimum Gasteiger partial charge on any atom is -0.465 e. The quantitative estimate of drug-likeness (QED) is 0.757. The highest BCUT2D eigenvalue weighted by Crippen LogP contribution is 2.11. The van der Waals surface area contributed by atoms with Gasteiger partial charge in [0.25, 0.3) is 5.56 Å². The molecule has 92 valence electrons. The number of ether oxygens (including phenoxy) is 1. The van der Waals surface area contributed by atoms with Gasteiger partial charge in [0.2, 0.25) is 0 Å². The molecule has 0 fully saturated rings. The Morgan fingerprint density at radius 3 is 2.56 bits per heavy atom. The number of aromatic nitrogens is 1. The van der Waals surface area contributed by atoms with Gasteiger partial charge in [0.05, 0.1) is 12.8 Å². The summed E-state index contributed by atoms with van der Waals surface area (Å²) in [6, 6.07) is 10.6. The molecule has 0 atom stereocenters. The molecule has 2 aromatic rings. The van der Waals surface area contributed by atoms with Crippen LogP contribution in [0.2, 0.25) is 0 Å². The summed E-state index contributed by atoms with van der Waals surface area (Å²) in [5.41, 5.74) is 1.37. The largest absolute Gasteiger partial charge is 0.465 e. The standard InChI is InChI=1S/C14H13NO3/c1-10-6-3-4-8-12(10)15-9-5-7-11(13(15)16)14(17)18-2/h3-9H,1-2H3. The molecule has 4 heteroatoms. The van der Waals surface area contributed by atoms with Crippen LogP contribution in [0.25, 0.3) is 5.69 Å². The van der Waals surface area contributed by atoms with Crippen LogP contribution >= 0.6 is 0 Å². The van der Waals surface area contributed by atoms with Crippen LogP contribution < -0.4 is 5.56 Å². The zero-order valence-corrected chi connectivity index (χ0v) is 10.2. The molecule has 0 aliphatic carbocycles. The normalized spacial score (nSPS) is 10.1. The molecule has 1 aromatic carbocycles. The number of carbonyl (C=O) groups is 1. The third kappa shape index (κ3) is 2.05. The number of esters is 1. The lowest BCUT2D eigenvalue weighted by Crippen LogP contribution is -2.25. The first-order valence-electron chi connectivity index (χ1n) is 5.51. The second-order valence-electron chi connectivity index (χ2n) is 3.88. The fraction of sp³-hybridized carbons (Fsp3) is 0.143. The molecule has 0 aliphatic rings. The molecule has 0 N–H and O–H groups in total. The Bertz CT molecular complexity index is 643. The molecule has 0 bridgehead atoms. The Labute approximate surface area is 104 Å². The van der Waals surface area contributed by atoms with Gasteiger partial charge < -0.3 is 4.74 Å². The molecule has 18 heavy (non-hydrogen) atoms. The summed E-state index contributed by atoms with van der Waals surface area (Å²) < 4.78 is 6.03.